The summed E-state index contributed by atoms with van der Waals surface area (Å²) in [5, 5.41) is 0. The lowest BCUT2D eigenvalue weighted by Crippen LogP contribution is -2.09. The van der Waals surface area contributed by atoms with Gasteiger partial charge < -0.3 is 9.30 Å². The number of hydrogen-bond acceptors (Lipinski definition) is 2. The van der Waals surface area contributed by atoms with Gasteiger partial charge in [0, 0.05) is 11.3 Å². The summed E-state index contributed by atoms with van der Waals surface area (Å²) in [6.45, 7) is 2.97. The van der Waals surface area contributed by atoms with Crippen molar-refractivity contribution >= 4 is 0 Å². The molecule has 1 aliphatic carbocycles. The summed E-state index contributed by atoms with van der Waals surface area (Å²) in [6.07, 6.45) is 6.83. The van der Waals surface area contributed by atoms with Crippen molar-refractivity contribution in [2.75, 3.05) is 7.11 Å². The first kappa shape index (κ1) is 12.3. The van der Waals surface area contributed by atoms with Gasteiger partial charge >= 0.3 is 0 Å². The number of methoxy groups -OCH3 is 1. The normalized spacial score (nSPS) is 14.2. The van der Waals surface area contributed by atoms with Crippen molar-refractivity contribution in [3.05, 3.63) is 47.0 Å². The molecule has 1 aromatic carbocycles. The van der Waals surface area contributed by atoms with E-state index in [1.54, 1.807) is 7.11 Å². The summed E-state index contributed by atoms with van der Waals surface area (Å²) in [6, 6.07) is 6.34. The molecule has 0 unspecified atom stereocenters. The van der Waals surface area contributed by atoms with Gasteiger partial charge in [0.15, 0.2) is 0 Å². The number of fused-ring (bicyclic) bond motifs is 1. The maximum absolute atomic E-state index is 5.46. The molecule has 0 amide bonds. The lowest BCUT2D eigenvalue weighted by molar-refractivity contribution is 0.408. The van der Waals surface area contributed by atoms with Crippen molar-refractivity contribution in [3.8, 4) is 5.75 Å². The third-order valence-corrected chi connectivity index (χ3v) is 3.89. The Labute approximate surface area is 114 Å². The largest absolute Gasteiger partial charge is 0.496 e. The SMILES string of the molecule is COc1ccc(C)cc1Cn1cnc2c1CCCC2. The highest BCUT2D eigenvalue weighted by Gasteiger charge is 2.16. The summed E-state index contributed by atoms with van der Waals surface area (Å²) in [5.74, 6) is 0.962. The van der Waals surface area contributed by atoms with E-state index in [2.05, 4.69) is 28.6 Å². The van der Waals surface area contributed by atoms with Gasteiger partial charge in [-0.1, -0.05) is 17.7 Å². The third kappa shape index (κ3) is 2.37. The number of aromatic nitrogens is 2. The van der Waals surface area contributed by atoms with Crippen LogP contribution in [0.2, 0.25) is 0 Å². The maximum Gasteiger partial charge on any atom is 0.123 e. The quantitative estimate of drug-likeness (QED) is 0.843. The van der Waals surface area contributed by atoms with E-state index in [1.165, 1.54) is 35.4 Å². The van der Waals surface area contributed by atoms with E-state index in [-0.39, 0.29) is 0 Å². The lowest BCUT2D eigenvalue weighted by Gasteiger charge is -2.15. The zero-order valence-electron chi connectivity index (χ0n) is 11.6. The molecule has 3 rings (SSSR count). The Hall–Kier alpha value is -1.77. The minimum absolute atomic E-state index is 0.854. The van der Waals surface area contributed by atoms with Gasteiger partial charge in [0.1, 0.15) is 5.75 Å². The van der Waals surface area contributed by atoms with Crippen LogP contribution in [0.5, 0.6) is 5.75 Å². The summed E-state index contributed by atoms with van der Waals surface area (Å²) in [5.41, 5.74) is 5.20. The van der Waals surface area contributed by atoms with Crippen LogP contribution in [0.1, 0.15) is 35.4 Å². The molecule has 0 aliphatic heterocycles. The highest BCUT2D eigenvalue weighted by atomic mass is 16.5. The zero-order chi connectivity index (χ0) is 13.2. The van der Waals surface area contributed by atoms with Gasteiger partial charge in [0.2, 0.25) is 0 Å². The number of rotatable bonds is 3. The fourth-order valence-electron chi connectivity index (χ4n) is 2.88. The summed E-state index contributed by atoms with van der Waals surface area (Å²) >= 11 is 0. The van der Waals surface area contributed by atoms with Crippen LogP contribution in [0.3, 0.4) is 0 Å². The maximum atomic E-state index is 5.46. The molecule has 0 spiro atoms. The van der Waals surface area contributed by atoms with Crippen LogP contribution in [0, 0.1) is 6.92 Å². The minimum atomic E-state index is 0.854. The van der Waals surface area contributed by atoms with E-state index in [0.29, 0.717) is 0 Å². The molecule has 3 nitrogen and oxygen atoms in total. The lowest BCUT2D eigenvalue weighted by atomic mass is 10.0. The molecule has 0 atom stereocenters. The minimum Gasteiger partial charge on any atom is -0.496 e. The number of hydrogen-bond donors (Lipinski definition) is 0. The number of aryl methyl sites for hydroxylation is 2. The van der Waals surface area contributed by atoms with Gasteiger partial charge in [-0.2, -0.15) is 0 Å². The molecule has 0 saturated carbocycles. The molecule has 2 aromatic rings. The van der Waals surface area contributed by atoms with Gasteiger partial charge in [0.25, 0.3) is 0 Å². The van der Waals surface area contributed by atoms with E-state index in [0.717, 1.165) is 25.1 Å². The Morgan fingerprint density at radius 3 is 2.95 bits per heavy atom. The van der Waals surface area contributed by atoms with Gasteiger partial charge in [-0.25, -0.2) is 4.98 Å². The summed E-state index contributed by atoms with van der Waals surface area (Å²) < 4.78 is 7.74. The number of benzene rings is 1. The second-order valence-electron chi connectivity index (χ2n) is 5.29. The second-order valence-corrected chi connectivity index (χ2v) is 5.29. The van der Waals surface area contributed by atoms with Crippen molar-refractivity contribution in [1.29, 1.82) is 0 Å². The molecule has 3 heteroatoms. The highest BCUT2D eigenvalue weighted by Crippen LogP contribution is 2.24. The fourth-order valence-corrected chi connectivity index (χ4v) is 2.88. The molecular formula is C16H20N2O. The number of imidazole rings is 1. The molecule has 1 aliphatic rings. The van der Waals surface area contributed by atoms with Crippen LogP contribution in [-0.2, 0) is 19.4 Å². The Balaban J connectivity index is 1.93. The zero-order valence-corrected chi connectivity index (χ0v) is 11.6. The Bertz CT molecular complexity index is 586. The summed E-state index contributed by atoms with van der Waals surface area (Å²) in [4.78, 5) is 4.55. The first-order chi connectivity index (χ1) is 9.28. The van der Waals surface area contributed by atoms with Gasteiger partial charge in [-0.05, 0) is 38.7 Å². The van der Waals surface area contributed by atoms with E-state index < -0.39 is 0 Å². The smallest absolute Gasteiger partial charge is 0.123 e. The van der Waals surface area contributed by atoms with Crippen LogP contribution in [0.25, 0.3) is 0 Å². The van der Waals surface area contributed by atoms with Crippen molar-refractivity contribution in [2.45, 2.75) is 39.2 Å². The first-order valence-corrected chi connectivity index (χ1v) is 6.94. The van der Waals surface area contributed by atoms with Crippen molar-refractivity contribution in [2.24, 2.45) is 0 Å². The van der Waals surface area contributed by atoms with E-state index in [1.807, 2.05) is 12.4 Å². The van der Waals surface area contributed by atoms with Gasteiger partial charge in [-0.15, -0.1) is 0 Å². The third-order valence-electron chi connectivity index (χ3n) is 3.89. The number of ether oxygens (including phenoxy) is 1. The van der Waals surface area contributed by atoms with E-state index in [9.17, 15) is 0 Å². The summed E-state index contributed by atoms with van der Waals surface area (Å²) in [7, 11) is 1.73. The van der Waals surface area contributed by atoms with Crippen LogP contribution in [0.15, 0.2) is 24.5 Å². The molecule has 1 aromatic heterocycles. The van der Waals surface area contributed by atoms with Crippen LogP contribution < -0.4 is 4.74 Å². The Kier molecular flexibility index (Phi) is 3.28. The molecule has 100 valence electrons. The molecular weight excluding hydrogens is 236 g/mol. The van der Waals surface area contributed by atoms with Gasteiger partial charge in [-0.3, -0.25) is 0 Å². The van der Waals surface area contributed by atoms with E-state index >= 15 is 0 Å². The van der Waals surface area contributed by atoms with Crippen LogP contribution >= 0.6 is 0 Å². The Morgan fingerprint density at radius 1 is 1.26 bits per heavy atom. The standard InChI is InChI=1S/C16H20N2O/c1-12-7-8-16(19-2)13(9-12)10-18-11-17-14-5-3-4-6-15(14)18/h7-9,11H,3-6,10H2,1-2H3. The van der Waals surface area contributed by atoms with Crippen molar-refractivity contribution in [3.63, 3.8) is 0 Å². The molecule has 0 radical (unpaired) electrons. The Morgan fingerprint density at radius 2 is 2.11 bits per heavy atom. The highest BCUT2D eigenvalue weighted by molar-refractivity contribution is 5.37. The predicted molar refractivity (Wildman–Crippen MR) is 75.7 cm³/mol. The molecule has 0 fully saturated rings. The van der Waals surface area contributed by atoms with Gasteiger partial charge in [0.05, 0.1) is 25.7 Å². The monoisotopic (exact) mass is 256 g/mol. The average Bonchev–Trinajstić information content (AvgIpc) is 2.83. The van der Waals surface area contributed by atoms with E-state index in [4.69, 9.17) is 4.74 Å². The van der Waals surface area contributed by atoms with Crippen LogP contribution in [0.4, 0.5) is 0 Å². The fraction of sp³-hybridized carbons (Fsp3) is 0.438. The molecule has 19 heavy (non-hydrogen) atoms. The second kappa shape index (κ2) is 5.08. The molecule has 1 heterocycles. The topological polar surface area (TPSA) is 27.1 Å². The number of nitrogens with zero attached hydrogens (tertiary/aromatic N) is 2. The first-order valence-electron chi connectivity index (χ1n) is 6.94. The average molecular weight is 256 g/mol. The molecule has 0 saturated heterocycles. The molecule has 0 N–H and O–H groups in total. The van der Waals surface area contributed by atoms with Crippen molar-refractivity contribution in [1.82, 2.24) is 9.55 Å². The van der Waals surface area contributed by atoms with Crippen molar-refractivity contribution < 1.29 is 4.74 Å². The predicted octanol–water partition coefficient (Wildman–Crippen LogP) is 3.13. The van der Waals surface area contributed by atoms with Crippen LogP contribution in [-0.4, -0.2) is 16.7 Å². The molecule has 0 bridgehead atoms.